The lowest BCUT2D eigenvalue weighted by molar-refractivity contribution is -0.385. The molecule has 6 nitrogen and oxygen atoms in total. The number of benzene rings is 1. The molecule has 0 heterocycles. The molecule has 0 atom stereocenters. The summed E-state index contributed by atoms with van der Waals surface area (Å²) in [5.74, 6) is 5.11. The molecule has 0 radical (unpaired) electrons. The van der Waals surface area contributed by atoms with E-state index < -0.39 is 4.92 Å². The second-order valence-corrected chi connectivity index (χ2v) is 3.72. The standard InChI is InChI=1S/C9H12N4O2S/c1-5-3-6(2)8(13(14)15)4-7(5)11-9(16)12-10/h3-4H,10H2,1-2H3,(H2,11,12,16). The fraction of sp³-hybridized carbons (Fsp3) is 0.222. The highest BCUT2D eigenvalue weighted by Crippen LogP contribution is 2.26. The number of rotatable bonds is 2. The van der Waals surface area contributed by atoms with Gasteiger partial charge in [0, 0.05) is 11.6 Å². The molecule has 1 aromatic rings. The number of nitro groups is 1. The first-order chi connectivity index (χ1) is 7.45. The quantitative estimate of drug-likeness (QED) is 0.313. The SMILES string of the molecule is Cc1cc(C)c([N+](=O)[O-])cc1NC(=S)NN. The van der Waals surface area contributed by atoms with Crippen molar-refractivity contribution < 1.29 is 4.92 Å². The average Bonchev–Trinajstić information content (AvgIpc) is 2.21. The van der Waals surface area contributed by atoms with Gasteiger partial charge in [-0.1, -0.05) is 0 Å². The Balaban J connectivity index is 3.14. The minimum absolute atomic E-state index is 0.0490. The molecule has 0 amide bonds. The van der Waals surface area contributed by atoms with E-state index in [4.69, 9.17) is 18.1 Å². The van der Waals surface area contributed by atoms with Gasteiger partial charge in [0.2, 0.25) is 0 Å². The largest absolute Gasteiger partial charge is 0.331 e. The highest BCUT2D eigenvalue weighted by atomic mass is 32.1. The van der Waals surface area contributed by atoms with Crippen LogP contribution < -0.4 is 16.6 Å². The van der Waals surface area contributed by atoms with Gasteiger partial charge in [-0.05, 0) is 37.7 Å². The molecule has 1 rings (SSSR count). The Morgan fingerprint density at radius 3 is 2.56 bits per heavy atom. The molecule has 7 heteroatoms. The fourth-order valence-corrected chi connectivity index (χ4v) is 1.44. The van der Waals surface area contributed by atoms with E-state index in [0.717, 1.165) is 5.56 Å². The number of anilines is 1. The topological polar surface area (TPSA) is 93.2 Å². The lowest BCUT2D eigenvalue weighted by Crippen LogP contribution is -2.34. The summed E-state index contributed by atoms with van der Waals surface area (Å²) < 4.78 is 0. The van der Waals surface area contributed by atoms with Gasteiger partial charge >= 0.3 is 0 Å². The molecule has 0 spiro atoms. The van der Waals surface area contributed by atoms with Crippen LogP contribution in [0.3, 0.4) is 0 Å². The number of hydrazine groups is 1. The molecular weight excluding hydrogens is 228 g/mol. The number of hydrogen-bond donors (Lipinski definition) is 3. The van der Waals surface area contributed by atoms with Crippen LogP contribution in [0.15, 0.2) is 12.1 Å². The van der Waals surface area contributed by atoms with Crippen molar-refractivity contribution in [3.63, 3.8) is 0 Å². The second-order valence-electron chi connectivity index (χ2n) is 3.31. The van der Waals surface area contributed by atoms with Gasteiger partial charge < -0.3 is 10.7 Å². The summed E-state index contributed by atoms with van der Waals surface area (Å²) >= 11 is 4.82. The number of nitro benzene ring substituents is 1. The molecule has 16 heavy (non-hydrogen) atoms. The Kier molecular flexibility index (Phi) is 3.75. The Labute approximate surface area is 97.9 Å². The molecule has 1 aromatic carbocycles. The van der Waals surface area contributed by atoms with Crippen LogP contribution in [0.25, 0.3) is 0 Å². The Bertz CT molecular complexity index is 447. The number of aryl methyl sites for hydroxylation is 2. The number of nitrogens with two attached hydrogens (primary N) is 1. The van der Waals surface area contributed by atoms with Gasteiger partial charge in [-0.2, -0.15) is 0 Å². The maximum absolute atomic E-state index is 10.7. The summed E-state index contributed by atoms with van der Waals surface area (Å²) in [5, 5.41) is 13.7. The van der Waals surface area contributed by atoms with E-state index in [1.165, 1.54) is 6.07 Å². The highest BCUT2D eigenvalue weighted by molar-refractivity contribution is 7.80. The molecule has 0 saturated heterocycles. The van der Waals surface area contributed by atoms with E-state index in [1.54, 1.807) is 13.0 Å². The third kappa shape index (κ3) is 2.65. The fourth-order valence-electron chi connectivity index (χ4n) is 1.33. The van der Waals surface area contributed by atoms with Crippen LogP contribution in [-0.4, -0.2) is 10.0 Å². The number of thiocarbonyl (C=S) groups is 1. The van der Waals surface area contributed by atoms with Crippen molar-refractivity contribution in [3.8, 4) is 0 Å². The molecule has 0 bridgehead atoms. The molecule has 0 aliphatic rings. The first kappa shape index (κ1) is 12.3. The van der Waals surface area contributed by atoms with Crippen molar-refractivity contribution in [2.75, 3.05) is 5.32 Å². The van der Waals surface area contributed by atoms with Crippen LogP contribution in [0.2, 0.25) is 0 Å². The lowest BCUT2D eigenvalue weighted by Gasteiger charge is -2.10. The molecule has 0 unspecified atom stereocenters. The van der Waals surface area contributed by atoms with Crippen LogP contribution in [0.1, 0.15) is 11.1 Å². The van der Waals surface area contributed by atoms with Crippen molar-refractivity contribution in [3.05, 3.63) is 33.4 Å². The number of nitrogens with zero attached hydrogens (tertiary/aromatic N) is 1. The summed E-state index contributed by atoms with van der Waals surface area (Å²) in [6.45, 7) is 3.52. The lowest BCUT2D eigenvalue weighted by atomic mass is 10.1. The molecule has 0 saturated carbocycles. The summed E-state index contributed by atoms with van der Waals surface area (Å²) in [6, 6.07) is 3.16. The van der Waals surface area contributed by atoms with Crippen LogP contribution >= 0.6 is 12.2 Å². The van der Waals surface area contributed by atoms with Gasteiger partial charge in [0.15, 0.2) is 5.11 Å². The van der Waals surface area contributed by atoms with Crippen LogP contribution in [0, 0.1) is 24.0 Å². The predicted octanol–water partition coefficient (Wildman–Crippen LogP) is 1.37. The molecule has 0 aliphatic heterocycles. The van der Waals surface area contributed by atoms with E-state index in [9.17, 15) is 10.1 Å². The minimum atomic E-state index is -0.432. The van der Waals surface area contributed by atoms with Gasteiger partial charge in [0.25, 0.3) is 5.69 Å². The van der Waals surface area contributed by atoms with E-state index in [1.807, 2.05) is 6.92 Å². The third-order valence-corrected chi connectivity index (χ3v) is 2.34. The number of hydrogen-bond acceptors (Lipinski definition) is 4. The summed E-state index contributed by atoms with van der Waals surface area (Å²) in [5.41, 5.74) is 4.35. The van der Waals surface area contributed by atoms with E-state index in [2.05, 4.69) is 10.7 Å². The highest BCUT2D eigenvalue weighted by Gasteiger charge is 2.13. The normalized spacial score (nSPS) is 9.69. The maximum atomic E-state index is 10.7. The van der Waals surface area contributed by atoms with Gasteiger partial charge in [0.05, 0.1) is 10.6 Å². The van der Waals surface area contributed by atoms with Crippen molar-refractivity contribution in [2.24, 2.45) is 5.84 Å². The Hall–Kier alpha value is -1.73. The van der Waals surface area contributed by atoms with E-state index in [0.29, 0.717) is 11.3 Å². The van der Waals surface area contributed by atoms with E-state index >= 15 is 0 Å². The molecular formula is C9H12N4O2S. The van der Waals surface area contributed by atoms with Crippen molar-refractivity contribution in [1.29, 1.82) is 0 Å². The molecule has 86 valence electrons. The number of nitrogens with one attached hydrogen (secondary N) is 2. The van der Waals surface area contributed by atoms with Crippen molar-refractivity contribution >= 4 is 28.7 Å². The molecule has 0 aliphatic carbocycles. The predicted molar refractivity (Wildman–Crippen MR) is 66.1 cm³/mol. The summed E-state index contributed by atoms with van der Waals surface area (Å²) in [7, 11) is 0. The van der Waals surface area contributed by atoms with Crippen LogP contribution in [-0.2, 0) is 0 Å². The zero-order valence-corrected chi connectivity index (χ0v) is 9.72. The first-order valence-corrected chi connectivity index (χ1v) is 4.89. The van der Waals surface area contributed by atoms with E-state index in [-0.39, 0.29) is 10.8 Å². The van der Waals surface area contributed by atoms with Crippen molar-refractivity contribution in [2.45, 2.75) is 13.8 Å². The third-order valence-electron chi connectivity index (χ3n) is 2.12. The molecule has 0 aromatic heterocycles. The summed E-state index contributed by atoms with van der Waals surface area (Å²) in [4.78, 5) is 10.3. The summed E-state index contributed by atoms with van der Waals surface area (Å²) in [6.07, 6.45) is 0. The second kappa shape index (κ2) is 4.86. The van der Waals surface area contributed by atoms with Crippen LogP contribution in [0.5, 0.6) is 0 Å². The Morgan fingerprint density at radius 1 is 1.44 bits per heavy atom. The Morgan fingerprint density at radius 2 is 2.06 bits per heavy atom. The van der Waals surface area contributed by atoms with Crippen LogP contribution in [0.4, 0.5) is 11.4 Å². The minimum Gasteiger partial charge on any atom is -0.331 e. The van der Waals surface area contributed by atoms with Gasteiger partial charge in [0.1, 0.15) is 0 Å². The molecule has 4 N–H and O–H groups in total. The van der Waals surface area contributed by atoms with Gasteiger partial charge in [-0.3, -0.25) is 10.1 Å². The zero-order chi connectivity index (χ0) is 12.3. The van der Waals surface area contributed by atoms with Gasteiger partial charge in [-0.15, -0.1) is 0 Å². The monoisotopic (exact) mass is 240 g/mol. The van der Waals surface area contributed by atoms with Crippen molar-refractivity contribution in [1.82, 2.24) is 5.43 Å². The smallest absolute Gasteiger partial charge is 0.274 e. The average molecular weight is 240 g/mol. The first-order valence-electron chi connectivity index (χ1n) is 4.49. The zero-order valence-electron chi connectivity index (χ0n) is 8.90. The van der Waals surface area contributed by atoms with Gasteiger partial charge in [-0.25, -0.2) is 5.84 Å². The maximum Gasteiger partial charge on any atom is 0.274 e. The molecule has 0 fully saturated rings.